The Kier molecular flexibility index (Phi) is 11.8. The van der Waals surface area contributed by atoms with Crippen molar-refractivity contribution in [1.29, 1.82) is 0 Å². The van der Waals surface area contributed by atoms with Gasteiger partial charge in [0.1, 0.15) is 0 Å². The lowest BCUT2D eigenvalue weighted by Gasteiger charge is -2.21. The van der Waals surface area contributed by atoms with Crippen LogP contribution in [0.2, 0.25) is 0 Å². The van der Waals surface area contributed by atoms with Gasteiger partial charge in [0, 0.05) is 11.1 Å². The van der Waals surface area contributed by atoms with E-state index in [-0.39, 0.29) is 23.1 Å². The first-order valence-electron chi connectivity index (χ1n) is 11.3. The summed E-state index contributed by atoms with van der Waals surface area (Å²) in [6.45, 7) is 12.5. The molecular weight excluding hydrogens is 400 g/mol. The summed E-state index contributed by atoms with van der Waals surface area (Å²) in [5.41, 5.74) is 5.99. The van der Waals surface area contributed by atoms with Gasteiger partial charge < -0.3 is 9.47 Å². The van der Waals surface area contributed by atoms with Crippen LogP contribution in [0.15, 0.2) is 69.3 Å². The highest BCUT2D eigenvalue weighted by Gasteiger charge is 2.35. The highest BCUT2D eigenvalue weighted by Crippen LogP contribution is 2.31. The maximum absolute atomic E-state index is 13.1. The molecule has 176 valence electrons. The summed E-state index contributed by atoms with van der Waals surface area (Å²) in [7, 11) is 2.80. The van der Waals surface area contributed by atoms with Crippen molar-refractivity contribution in [2.45, 2.75) is 80.1 Å². The predicted octanol–water partition coefficient (Wildman–Crippen LogP) is 7.10. The summed E-state index contributed by atoms with van der Waals surface area (Å²) >= 11 is 0. The maximum Gasteiger partial charge on any atom is 0.228 e. The average molecular weight is 441 g/mol. The minimum Gasteiger partial charge on any atom is -0.489 e. The van der Waals surface area contributed by atoms with Crippen molar-refractivity contribution in [3.63, 3.8) is 0 Å². The average Bonchev–Trinajstić information content (AvgIpc) is 2.72. The molecule has 0 saturated heterocycles. The molecule has 0 amide bonds. The summed E-state index contributed by atoms with van der Waals surface area (Å²) < 4.78 is 10.5. The quantitative estimate of drug-likeness (QED) is 0.240. The number of carbonyl (C=O) groups is 2. The Morgan fingerprint density at radius 2 is 0.969 bits per heavy atom. The summed E-state index contributed by atoms with van der Waals surface area (Å²) in [6, 6.07) is 0. The predicted molar refractivity (Wildman–Crippen MR) is 132 cm³/mol. The molecule has 1 aliphatic rings. The Hall–Kier alpha value is -2.62. The SMILES string of the molecule is COC1=C(OC)C(=O)C(C/C=C(\C)CCC=C(C)C)=C(C/C=C(\C)CCC=C(C)C)C1=O. The van der Waals surface area contributed by atoms with E-state index in [0.717, 1.165) is 25.7 Å². The standard InChI is InChI=1S/C28H40O4/c1-19(2)11-9-13-21(5)15-17-23-24(18-16-22(6)14-10-12-20(3)4)26(30)28(32-8)27(31-7)25(23)29/h11-12,15-16H,9-10,13-14,17-18H2,1-8H3/b21-15+,22-16+. The molecular formula is C28H40O4. The van der Waals surface area contributed by atoms with Crippen LogP contribution in [-0.4, -0.2) is 25.8 Å². The number of rotatable bonds is 12. The fourth-order valence-corrected chi connectivity index (χ4v) is 3.49. The fourth-order valence-electron chi connectivity index (χ4n) is 3.49. The first kappa shape index (κ1) is 27.4. The molecule has 0 saturated carbocycles. The molecule has 0 aromatic rings. The largest absolute Gasteiger partial charge is 0.489 e. The lowest BCUT2D eigenvalue weighted by atomic mass is 9.87. The van der Waals surface area contributed by atoms with Crippen LogP contribution in [0.3, 0.4) is 0 Å². The lowest BCUT2D eigenvalue weighted by molar-refractivity contribution is -0.121. The Morgan fingerprint density at radius 3 is 1.25 bits per heavy atom. The zero-order valence-electron chi connectivity index (χ0n) is 21.2. The number of ether oxygens (including phenoxy) is 2. The second-order valence-electron chi connectivity index (χ2n) is 8.83. The molecule has 0 spiro atoms. The molecule has 4 nitrogen and oxygen atoms in total. The van der Waals surface area contributed by atoms with Crippen molar-refractivity contribution < 1.29 is 19.1 Å². The number of Topliss-reactive ketones (excluding diaryl/α,β-unsaturated/α-hetero) is 2. The number of hydrogen-bond donors (Lipinski definition) is 0. The van der Waals surface area contributed by atoms with Gasteiger partial charge in [-0.05, 0) is 80.1 Å². The van der Waals surface area contributed by atoms with E-state index in [1.54, 1.807) is 0 Å². The number of carbonyl (C=O) groups excluding carboxylic acids is 2. The Balaban J connectivity index is 3.18. The Labute approximate surface area is 194 Å². The Bertz CT molecular complexity index is 808. The first-order valence-corrected chi connectivity index (χ1v) is 11.3. The van der Waals surface area contributed by atoms with Crippen molar-refractivity contribution in [2.24, 2.45) is 0 Å². The van der Waals surface area contributed by atoms with Crippen LogP contribution in [0.4, 0.5) is 0 Å². The Morgan fingerprint density at radius 1 is 0.625 bits per heavy atom. The normalized spacial score (nSPS) is 15.2. The van der Waals surface area contributed by atoms with E-state index in [2.05, 4.69) is 65.8 Å². The monoisotopic (exact) mass is 440 g/mol. The van der Waals surface area contributed by atoms with E-state index in [9.17, 15) is 9.59 Å². The van der Waals surface area contributed by atoms with E-state index < -0.39 is 0 Å². The fraction of sp³-hybridized carbons (Fsp3) is 0.500. The summed E-state index contributed by atoms with van der Waals surface area (Å²) in [4.78, 5) is 26.3. The molecule has 0 atom stereocenters. The van der Waals surface area contributed by atoms with E-state index in [1.165, 1.54) is 36.5 Å². The molecule has 4 heteroatoms. The van der Waals surface area contributed by atoms with Crippen LogP contribution < -0.4 is 0 Å². The van der Waals surface area contributed by atoms with Gasteiger partial charge in [0.05, 0.1) is 14.2 Å². The second kappa shape index (κ2) is 13.7. The second-order valence-corrected chi connectivity index (χ2v) is 8.83. The van der Waals surface area contributed by atoms with Crippen LogP contribution in [0, 0.1) is 0 Å². The zero-order chi connectivity index (χ0) is 24.3. The third kappa shape index (κ3) is 8.49. The van der Waals surface area contributed by atoms with Crippen LogP contribution in [-0.2, 0) is 19.1 Å². The van der Waals surface area contributed by atoms with Crippen LogP contribution in [0.25, 0.3) is 0 Å². The number of ketones is 2. The molecule has 0 aromatic heterocycles. The van der Waals surface area contributed by atoms with E-state index in [4.69, 9.17) is 9.47 Å². The van der Waals surface area contributed by atoms with Crippen molar-refractivity contribution in [3.8, 4) is 0 Å². The summed E-state index contributed by atoms with van der Waals surface area (Å²) in [5, 5.41) is 0. The molecule has 0 radical (unpaired) electrons. The number of methoxy groups -OCH3 is 2. The number of allylic oxidation sites excluding steroid dienone is 10. The third-order valence-corrected chi connectivity index (χ3v) is 5.43. The molecule has 1 aliphatic carbocycles. The molecule has 1 rings (SSSR count). The lowest BCUT2D eigenvalue weighted by Crippen LogP contribution is -2.26. The highest BCUT2D eigenvalue weighted by molar-refractivity contribution is 6.23. The molecule has 0 N–H and O–H groups in total. The van der Waals surface area contributed by atoms with Gasteiger partial charge in [0.2, 0.25) is 23.1 Å². The van der Waals surface area contributed by atoms with E-state index in [0.29, 0.717) is 24.0 Å². The molecule has 0 fully saturated rings. The minimum atomic E-state index is -0.261. The number of hydrogen-bond acceptors (Lipinski definition) is 4. The van der Waals surface area contributed by atoms with Gasteiger partial charge in [-0.15, -0.1) is 0 Å². The van der Waals surface area contributed by atoms with Gasteiger partial charge in [-0.3, -0.25) is 9.59 Å². The van der Waals surface area contributed by atoms with Gasteiger partial charge in [-0.2, -0.15) is 0 Å². The molecule has 0 aliphatic heterocycles. The highest BCUT2D eigenvalue weighted by atomic mass is 16.5. The van der Waals surface area contributed by atoms with Gasteiger partial charge in [-0.1, -0.05) is 46.6 Å². The van der Waals surface area contributed by atoms with Crippen LogP contribution in [0.5, 0.6) is 0 Å². The van der Waals surface area contributed by atoms with Crippen molar-refractivity contribution in [3.05, 3.63) is 69.3 Å². The van der Waals surface area contributed by atoms with Crippen molar-refractivity contribution >= 4 is 11.6 Å². The van der Waals surface area contributed by atoms with E-state index >= 15 is 0 Å². The molecule has 0 aromatic carbocycles. The van der Waals surface area contributed by atoms with Gasteiger partial charge in [0.25, 0.3) is 0 Å². The molecule has 0 bridgehead atoms. The minimum absolute atomic E-state index is 0.00361. The first-order chi connectivity index (χ1) is 15.1. The third-order valence-electron chi connectivity index (χ3n) is 5.43. The van der Waals surface area contributed by atoms with Gasteiger partial charge >= 0.3 is 0 Å². The van der Waals surface area contributed by atoms with Crippen LogP contribution >= 0.6 is 0 Å². The maximum atomic E-state index is 13.1. The van der Waals surface area contributed by atoms with Gasteiger partial charge in [0.15, 0.2) is 0 Å². The molecule has 32 heavy (non-hydrogen) atoms. The van der Waals surface area contributed by atoms with Crippen LogP contribution in [0.1, 0.15) is 80.1 Å². The van der Waals surface area contributed by atoms with E-state index in [1.807, 2.05) is 0 Å². The zero-order valence-corrected chi connectivity index (χ0v) is 21.2. The van der Waals surface area contributed by atoms with Crippen molar-refractivity contribution in [1.82, 2.24) is 0 Å². The molecule has 0 heterocycles. The smallest absolute Gasteiger partial charge is 0.228 e. The molecule has 0 unspecified atom stereocenters. The summed E-state index contributed by atoms with van der Waals surface area (Å²) in [5.74, 6) is -0.530. The topological polar surface area (TPSA) is 52.6 Å². The van der Waals surface area contributed by atoms with Crippen molar-refractivity contribution in [2.75, 3.05) is 14.2 Å². The van der Waals surface area contributed by atoms with Gasteiger partial charge in [-0.25, -0.2) is 0 Å². The summed E-state index contributed by atoms with van der Waals surface area (Å²) in [6.07, 6.45) is 13.1.